The monoisotopic (exact) mass is 167 g/mol. The van der Waals surface area contributed by atoms with Gasteiger partial charge < -0.3 is 10.0 Å². The average molecular weight is 167 g/mol. The molecule has 2 aliphatic rings. The van der Waals surface area contributed by atoms with Crippen LogP contribution < -0.4 is 0 Å². The fourth-order valence-corrected chi connectivity index (χ4v) is 2.29. The smallest absolute Gasteiger partial charge is 0.0580 e. The minimum atomic E-state index is -0.0674. The van der Waals surface area contributed by atoms with Gasteiger partial charge in [-0.3, -0.25) is 0 Å². The van der Waals surface area contributed by atoms with E-state index in [2.05, 4.69) is 18.0 Å². The molecule has 2 heteroatoms. The zero-order valence-corrected chi connectivity index (χ0v) is 7.66. The number of rotatable bonds is 0. The van der Waals surface area contributed by atoms with Crippen LogP contribution in [0, 0.1) is 5.92 Å². The van der Waals surface area contributed by atoms with Crippen molar-refractivity contribution >= 4 is 0 Å². The third kappa shape index (κ3) is 1.54. The van der Waals surface area contributed by atoms with Crippen LogP contribution in [0.1, 0.15) is 19.3 Å². The maximum absolute atomic E-state index is 9.46. The Morgan fingerprint density at radius 1 is 1.58 bits per heavy atom. The zero-order chi connectivity index (χ0) is 8.55. The van der Waals surface area contributed by atoms with Gasteiger partial charge in [0.15, 0.2) is 0 Å². The Hall–Kier alpha value is -0.340. The van der Waals surface area contributed by atoms with E-state index < -0.39 is 0 Å². The normalized spacial score (nSPS) is 37.3. The van der Waals surface area contributed by atoms with E-state index in [0.717, 1.165) is 19.4 Å². The predicted octanol–water partition coefficient (Wildman–Crippen LogP) is 1.02. The molecule has 0 radical (unpaired) electrons. The molecule has 1 aliphatic carbocycles. The number of nitrogens with zero attached hydrogens (tertiary/aromatic N) is 1. The Kier molecular flexibility index (Phi) is 2.20. The van der Waals surface area contributed by atoms with Gasteiger partial charge in [0.25, 0.3) is 0 Å². The summed E-state index contributed by atoms with van der Waals surface area (Å²) in [6.07, 6.45) is 5.29. The summed E-state index contributed by atoms with van der Waals surface area (Å²) < 4.78 is 0. The molecular weight excluding hydrogens is 150 g/mol. The van der Waals surface area contributed by atoms with E-state index in [0.29, 0.717) is 5.92 Å². The molecule has 0 spiro atoms. The Morgan fingerprint density at radius 3 is 3.25 bits per heavy atom. The fourth-order valence-electron chi connectivity index (χ4n) is 2.29. The highest BCUT2D eigenvalue weighted by Gasteiger charge is 2.26. The van der Waals surface area contributed by atoms with Crippen LogP contribution in [0.5, 0.6) is 0 Å². The van der Waals surface area contributed by atoms with Crippen molar-refractivity contribution in [2.24, 2.45) is 5.92 Å². The highest BCUT2D eigenvalue weighted by Crippen LogP contribution is 2.31. The molecule has 0 aromatic heterocycles. The minimum Gasteiger partial charge on any atom is -0.393 e. The van der Waals surface area contributed by atoms with Gasteiger partial charge in [0.2, 0.25) is 0 Å². The lowest BCUT2D eigenvalue weighted by molar-refractivity contribution is 0.126. The zero-order valence-electron chi connectivity index (χ0n) is 7.66. The number of piperidine rings is 1. The first kappa shape index (κ1) is 8.27. The summed E-state index contributed by atoms with van der Waals surface area (Å²) in [5, 5.41) is 9.46. The maximum Gasteiger partial charge on any atom is 0.0580 e. The van der Waals surface area contributed by atoms with E-state index in [1.807, 2.05) is 0 Å². The highest BCUT2D eigenvalue weighted by molar-refractivity contribution is 5.15. The van der Waals surface area contributed by atoms with Crippen LogP contribution in [0.3, 0.4) is 0 Å². The quantitative estimate of drug-likeness (QED) is 0.544. The second-order valence-electron chi connectivity index (χ2n) is 4.13. The first-order chi connectivity index (χ1) is 5.75. The minimum absolute atomic E-state index is 0.0674. The second-order valence-corrected chi connectivity index (χ2v) is 4.13. The molecule has 2 rings (SSSR count). The molecule has 12 heavy (non-hydrogen) atoms. The van der Waals surface area contributed by atoms with E-state index in [1.54, 1.807) is 5.57 Å². The van der Waals surface area contributed by atoms with Gasteiger partial charge in [-0.2, -0.15) is 0 Å². The maximum atomic E-state index is 9.46. The van der Waals surface area contributed by atoms with Gasteiger partial charge in [0, 0.05) is 6.54 Å². The molecule has 0 aromatic carbocycles. The van der Waals surface area contributed by atoms with Crippen molar-refractivity contribution in [3.8, 4) is 0 Å². The van der Waals surface area contributed by atoms with Crippen LogP contribution in [0.2, 0.25) is 0 Å². The van der Waals surface area contributed by atoms with Crippen molar-refractivity contribution in [2.75, 3.05) is 20.1 Å². The first-order valence-electron chi connectivity index (χ1n) is 4.81. The van der Waals surface area contributed by atoms with Crippen molar-refractivity contribution in [1.82, 2.24) is 4.90 Å². The molecule has 2 atom stereocenters. The molecule has 0 aromatic rings. The number of hydrogen-bond acceptors (Lipinski definition) is 2. The molecule has 1 aliphatic heterocycles. The van der Waals surface area contributed by atoms with Crippen molar-refractivity contribution in [3.63, 3.8) is 0 Å². The van der Waals surface area contributed by atoms with Gasteiger partial charge in [-0.25, -0.2) is 0 Å². The standard InChI is InChI=1S/C10H17NO/c1-11-5-4-8-6-10(12)3-2-9(8)7-11/h2,8,10,12H,3-7H2,1H3. The third-order valence-electron chi connectivity index (χ3n) is 3.04. The highest BCUT2D eigenvalue weighted by atomic mass is 16.3. The average Bonchev–Trinajstić information content (AvgIpc) is 2.05. The molecule has 68 valence electrons. The molecule has 1 heterocycles. The molecule has 1 fully saturated rings. The lowest BCUT2D eigenvalue weighted by Crippen LogP contribution is -2.35. The van der Waals surface area contributed by atoms with Crippen LogP contribution >= 0.6 is 0 Å². The Balaban J connectivity index is 2.07. The summed E-state index contributed by atoms with van der Waals surface area (Å²) in [6, 6.07) is 0. The lowest BCUT2D eigenvalue weighted by Gasteiger charge is -2.35. The van der Waals surface area contributed by atoms with E-state index in [4.69, 9.17) is 0 Å². The van der Waals surface area contributed by atoms with Crippen LogP contribution in [-0.2, 0) is 0 Å². The SMILES string of the molecule is CN1CCC2CC(O)CC=C2C1. The second kappa shape index (κ2) is 3.19. The summed E-state index contributed by atoms with van der Waals surface area (Å²) in [7, 11) is 2.17. The molecule has 1 N–H and O–H groups in total. The van der Waals surface area contributed by atoms with Crippen LogP contribution in [0.4, 0.5) is 0 Å². The lowest BCUT2D eigenvalue weighted by atomic mass is 9.81. The van der Waals surface area contributed by atoms with E-state index in [9.17, 15) is 5.11 Å². The van der Waals surface area contributed by atoms with Gasteiger partial charge in [0.1, 0.15) is 0 Å². The molecule has 0 saturated carbocycles. The van der Waals surface area contributed by atoms with E-state index in [1.165, 1.54) is 13.0 Å². The molecule has 1 saturated heterocycles. The Morgan fingerprint density at radius 2 is 2.42 bits per heavy atom. The summed E-state index contributed by atoms with van der Waals surface area (Å²) in [5.41, 5.74) is 1.56. The Labute approximate surface area is 73.9 Å². The van der Waals surface area contributed by atoms with E-state index >= 15 is 0 Å². The van der Waals surface area contributed by atoms with Gasteiger partial charge in [-0.1, -0.05) is 11.6 Å². The summed E-state index contributed by atoms with van der Waals surface area (Å²) in [5.74, 6) is 0.685. The van der Waals surface area contributed by atoms with Crippen LogP contribution in [0.15, 0.2) is 11.6 Å². The largest absolute Gasteiger partial charge is 0.393 e. The number of fused-ring (bicyclic) bond motifs is 1. The Bertz CT molecular complexity index is 200. The van der Waals surface area contributed by atoms with E-state index in [-0.39, 0.29) is 6.10 Å². The van der Waals surface area contributed by atoms with Gasteiger partial charge in [-0.15, -0.1) is 0 Å². The number of likely N-dealkylation sites (tertiary alicyclic amines) is 1. The number of aliphatic hydroxyl groups is 1. The first-order valence-corrected chi connectivity index (χ1v) is 4.81. The van der Waals surface area contributed by atoms with Gasteiger partial charge >= 0.3 is 0 Å². The van der Waals surface area contributed by atoms with Gasteiger partial charge in [-0.05, 0) is 38.8 Å². The van der Waals surface area contributed by atoms with Crippen LogP contribution in [0.25, 0.3) is 0 Å². The van der Waals surface area contributed by atoms with Crippen molar-refractivity contribution in [2.45, 2.75) is 25.4 Å². The number of likely N-dealkylation sites (N-methyl/N-ethyl adjacent to an activating group) is 1. The summed E-state index contributed by atoms with van der Waals surface area (Å²) in [4.78, 5) is 2.36. The third-order valence-corrected chi connectivity index (χ3v) is 3.04. The van der Waals surface area contributed by atoms with Crippen molar-refractivity contribution in [1.29, 1.82) is 0 Å². The summed E-state index contributed by atoms with van der Waals surface area (Å²) >= 11 is 0. The predicted molar refractivity (Wildman–Crippen MR) is 48.9 cm³/mol. The molecule has 2 unspecified atom stereocenters. The van der Waals surface area contributed by atoms with Gasteiger partial charge in [0.05, 0.1) is 6.10 Å². The number of aliphatic hydroxyl groups excluding tert-OH is 1. The topological polar surface area (TPSA) is 23.5 Å². The molecular formula is C10H17NO. The molecule has 2 nitrogen and oxygen atoms in total. The van der Waals surface area contributed by atoms with Crippen LogP contribution in [-0.4, -0.2) is 36.2 Å². The summed E-state index contributed by atoms with van der Waals surface area (Å²) in [6.45, 7) is 2.31. The fraction of sp³-hybridized carbons (Fsp3) is 0.800. The van der Waals surface area contributed by atoms with Crippen molar-refractivity contribution < 1.29 is 5.11 Å². The van der Waals surface area contributed by atoms with Crippen molar-refractivity contribution in [3.05, 3.63) is 11.6 Å². The number of hydrogen-bond donors (Lipinski definition) is 1. The molecule has 0 amide bonds. The molecule has 0 bridgehead atoms.